The number of rotatable bonds is 10. The highest BCUT2D eigenvalue weighted by Crippen LogP contribution is 2.14. The first-order valence-electron chi connectivity index (χ1n) is 9.10. The van der Waals surface area contributed by atoms with E-state index in [4.69, 9.17) is 4.74 Å². The third-order valence-electron chi connectivity index (χ3n) is 4.33. The molecule has 8 heteroatoms. The second kappa shape index (κ2) is 13.3. The van der Waals surface area contributed by atoms with Crippen LogP contribution in [0.5, 0.6) is 0 Å². The van der Waals surface area contributed by atoms with Crippen molar-refractivity contribution in [2.45, 2.75) is 40.2 Å². The Balaban J connectivity index is 0.00000625. The smallest absolute Gasteiger partial charge is 0.191 e. The first-order valence-corrected chi connectivity index (χ1v) is 9.10. The summed E-state index contributed by atoms with van der Waals surface area (Å²) in [6.45, 7) is 12.7. The number of halogens is 1. The van der Waals surface area contributed by atoms with Gasteiger partial charge in [-0.25, -0.2) is 0 Å². The monoisotopic (exact) mass is 480 g/mol. The van der Waals surface area contributed by atoms with Crippen LogP contribution >= 0.6 is 24.0 Å². The van der Waals surface area contributed by atoms with Crippen LogP contribution in [0.15, 0.2) is 4.99 Å². The zero-order valence-electron chi connectivity index (χ0n) is 17.4. The number of aliphatic imine (C=N–C) groups is 1. The van der Waals surface area contributed by atoms with E-state index in [2.05, 4.69) is 60.4 Å². The minimum Gasteiger partial charge on any atom is -0.383 e. The van der Waals surface area contributed by atoms with Gasteiger partial charge in [-0.05, 0) is 46.7 Å². The van der Waals surface area contributed by atoms with Crippen LogP contribution in [0.4, 0.5) is 0 Å². The van der Waals surface area contributed by atoms with Crippen LogP contribution in [0, 0.1) is 13.8 Å². The highest BCUT2D eigenvalue weighted by Gasteiger charge is 2.14. The minimum atomic E-state index is 0. The number of aryl methyl sites for hydroxylation is 2. The molecular weight excluding hydrogens is 443 g/mol. The van der Waals surface area contributed by atoms with Crippen molar-refractivity contribution < 1.29 is 4.74 Å². The van der Waals surface area contributed by atoms with Crippen molar-refractivity contribution >= 4 is 29.9 Å². The molecule has 0 amide bonds. The van der Waals surface area contributed by atoms with E-state index in [9.17, 15) is 0 Å². The summed E-state index contributed by atoms with van der Waals surface area (Å²) in [7, 11) is 5.81. The van der Waals surface area contributed by atoms with E-state index < -0.39 is 0 Å². The van der Waals surface area contributed by atoms with Gasteiger partial charge < -0.3 is 20.3 Å². The molecule has 0 spiro atoms. The lowest BCUT2D eigenvalue weighted by Crippen LogP contribution is -2.43. The van der Waals surface area contributed by atoms with Gasteiger partial charge in [0.2, 0.25) is 0 Å². The number of hydrogen-bond donors (Lipinski definition) is 2. The fraction of sp³-hybridized carbons (Fsp3) is 0.778. The van der Waals surface area contributed by atoms with Crippen LogP contribution in [-0.2, 0) is 18.2 Å². The maximum atomic E-state index is 5.10. The highest BCUT2D eigenvalue weighted by molar-refractivity contribution is 14.0. The standard InChI is InChI=1S/C18H36N6O.HI/c1-8-19-18(20-9-10-23(5)11-12-25-7)21-14(2)13-17-15(3)22-24(6)16(17)4;/h14H,8-13H2,1-7H3,(H2,19,20,21);1H. The van der Waals surface area contributed by atoms with Gasteiger partial charge in [0.25, 0.3) is 0 Å². The summed E-state index contributed by atoms with van der Waals surface area (Å²) in [6.07, 6.45) is 0.934. The molecule has 0 saturated heterocycles. The molecule has 0 aromatic carbocycles. The molecule has 0 saturated carbocycles. The number of guanidine groups is 1. The van der Waals surface area contributed by atoms with Gasteiger partial charge in [-0.1, -0.05) is 0 Å². The summed E-state index contributed by atoms with van der Waals surface area (Å²) in [5, 5.41) is 11.3. The van der Waals surface area contributed by atoms with E-state index in [1.54, 1.807) is 7.11 Å². The molecule has 1 unspecified atom stereocenters. The maximum absolute atomic E-state index is 5.10. The first kappa shape index (κ1) is 25.1. The zero-order valence-corrected chi connectivity index (χ0v) is 19.8. The van der Waals surface area contributed by atoms with E-state index in [0.29, 0.717) is 0 Å². The second-order valence-electron chi connectivity index (χ2n) is 6.58. The third kappa shape index (κ3) is 8.68. The van der Waals surface area contributed by atoms with Crippen LogP contribution in [-0.4, -0.2) is 73.6 Å². The molecule has 1 rings (SSSR count). The fourth-order valence-corrected chi connectivity index (χ4v) is 2.71. The Morgan fingerprint density at radius 3 is 2.58 bits per heavy atom. The van der Waals surface area contributed by atoms with E-state index >= 15 is 0 Å². The number of ether oxygens (including phenoxy) is 1. The van der Waals surface area contributed by atoms with E-state index in [-0.39, 0.29) is 30.0 Å². The molecule has 7 nitrogen and oxygen atoms in total. The summed E-state index contributed by atoms with van der Waals surface area (Å²) >= 11 is 0. The predicted octanol–water partition coefficient (Wildman–Crippen LogP) is 1.72. The van der Waals surface area contributed by atoms with Gasteiger partial charge in [0, 0.05) is 45.5 Å². The second-order valence-corrected chi connectivity index (χ2v) is 6.58. The largest absolute Gasteiger partial charge is 0.383 e. The molecule has 0 aliphatic heterocycles. The van der Waals surface area contributed by atoms with Gasteiger partial charge >= 0.3 is 0 Å². The van der Waals surface area contributed by atoms with Crippen molar-refractivity contribution in [2.24, 2.45) is 12.0 Å². The molecule has 2 N–H and O–H groups in total. The Labute approximate surface area is 176 Å². The van der Waals surface area contributed by atoms with Crippen LogP contribution in [0.3, 0.4) is 0 Å². The maximum Gasteiger partial charge on any atom is 0.191 e. The lowest BCUT2D eigenvalue weighted by Gasteiger charge is -2.19. The number of nitrogens with zero attached hydrogens (tertiary/aromatic N) is 4. The molecule has 1 atom stereocenters. The molecular formula is C18H37IN6O. The van der Waals surface area contributed by atoms with Crippen molar-refractivity contribution in [3.05, 3.63) is 17.0 Å². The third-order valence-corrected chi connectivity index (χ3v) is 4.33. The van der Waals surface area contributed by atoms with Crippen molar-refractivity contribution in [1.29, 1.82) is 0 Å². The number of hydrogen-bond acceptors (Lipinski definition) is 4. The molecule has 0 aliphatic carbocycles. The SMILES string of the molecule is CCNC(=NCCN(C)CCOC)NC(C)Cc1c(C)nn(C)c1C.I. The fourth-order valence-electron chi connectivity index (χ4n) is 2.71. The normalized spacial score (nSPS) is 12.8. The summed E-state index contributed by atoms with van der Waals surface area (Å²) < 4.78 is 7.05. The van der Waals surface area contributed by atoms with Crippen molar-refractivity contribution in [2.75, 3.05) is 46.9 Å². The molecule has 0 bridgehead atoms. The Kier molecular flexibility index (Phi) is 12.9. The molecule has 0 radical (unpaired) electrons. The average molecular weight is 480 g/mol. The van der Waals surface area contributed by atoms with E-state index in [0.717, 1.165) is 50.9 Å². The average Bonchev–Trinajstić information content (AvgIpc) is 2.79. The molecule has 152 valence electrons. The molecule has 1 heterocycles. The minimum absolute atomic E-state index is 0. The van der Waals surface area contributed by atoms with E-state index in [1.165, 1.54) is 11.3 Å². The quantitative estimate of drug-likeness (QED) is 0.303. The Bertz CT molecular complexity index is 546. The molecule has 0 aliphatic rings. The number of methoxy groups -OCH3 is 1. The van der Waals surface area contributed by atoms with Gasteiger partial charge in [0.15, 0.2) is 5.96 Å². The van der Waals surface area contributed by atoms with Crippen molar-refractivity contribution in [3.63, 3.8) is 0 Å². The van der Waals surface area contributed by atoms with Gasteiger partial charge in [0.05, 0.1) is 18.8 Å². The molecule has 26 heavy (non-hydrogen) atoms. The Hall–Kier alpha value is -0.870. The number of likely N-dealkylation sites (N-methyl/N-ethyl adjacent to an activating group) is 1. The van der Waals surface area contributed by atoms with Gasteiger partial charge in [-0.15, -0.1) is 24.0 Å². The summed E-state index contributed by atoms with van der Waals surface area (Å²) in [5.74, 6) is 0.870. The number of nitrogens with one attached hydrogen (secondary N) is 2. The van der Waals surface area contributed by atoms with E-state index in [1.807, 2.05) is 11.7 Å². The summed E-state index contributed by atoms with van der Waals surface area (Å²) in [5.41, 5.74) is 3.65. The lowest BCUT2D eigenvalue weighted by molar-refractivity contribution is 0.163. The van der Waals surface area contributed by atoms with Gasteiger partial charge in [-0.3, -0.25) is 9.67 Å². The van der Waals surface area contributed by atoms with Crippen molar-refractivity contribution in [3.8, 4) is 0 Å². The molecule has 1 aromatic rings. The van der Waals surface area contributed by atoms with Gasteiger partial charge in [-0.2, -0.15) is 5.10 Å². The Morgan fingerprint density at radius 2 is 2.04 bits per heavy atom. The van der Waals surface area contributed by atoms with Gasteiger partial charge in [0.1, 0.15) is 0 Å². The van der Waals surface area contributed by atoms with Crippen molar-refractivity contribution in [1.82, 2.24) is 25.3 Å². The lowest BCUT2D eigenvalue weighted by atomic mass is 10.1. The topological polar surface area (TPSA) is 66.7 Å². The molecule has 0 fully saturated rings. The highest BCUT2D eigenvalue weighted by atomic mass is 127. The van der Waals surface area contributed by atoms with Crippen LogP contribution in [0.2, 0.25) is 0 Å². The predicted molar refractivity (Wildman–Crippen MR) is 120 cm³/mol. The summed E-state index contributed by atoms with van der Waals surface area (Å²) in [6, 6.07) is 0.283. The van der Waals surface area contributed by atoms with Crippen LogP contribution in [0.1, 0.15) is 30.8 Å². The first-order chi connectivity index (χ1) is 11.9. The zero-order chi connectivity index (χ0) is 18.8. The van der Waals surface area contributed by atoms with Crippen LogP contribution < -0.4 is 10.6 Å². The summed E-state index contributed by atoms with van der Waals surface area (Å²) in [4.78, 5) is 6.91. The Morgan fingerprint density at radius 1 is 1.35 bits per heavy atom. The van der Waals surface area contributed by atoms with Crippen LogP contribution in [0.25, 0.3) is 0 Å². The number of aromatic nitrogens is 2. The molecule has 1 aromatic heterocycles.